The van der Waals surface area contributed by atoms with Crippen molar-refractivity contribution in [3.63, 3.8) is 0 Å². The van der Waals surface area contributed by atoms with Crippen LogP contribution in [0.5, 0.6) is 0 Å². The van der Waals surface area contributed by atoms with Crippen LogP contribution in [-0.2, 0) is 20.6 Å². The fourth-order valence-corrected chi connectivity index (χ4v) is 3.86. The lowest BCUT2D eigenvalue weighted by Gasteiger charge is -2.10. The quantitative estimate of drug-likeness (QED) is 0.476. The third-order valence-corrected chi connectivity index (χ3v) is 5.51. The molecule has 7 nitrogen and oxygen atoms in total. The summed E-state index contributed by atoms with van der Waals surface area (Å²) >= 11 is 0. The lowest BCUT2D eigenvalue weighted by Crippen LogP contribution is -2.39. The first kappa shape index (κ1) is 16.6. The Kier molecular flexibility index (Phi) is 3.37. The van der Waals surface area contributed by atoms with Crippen LogP contribution in [0.2, 0.25) is 0 Å². The number of hydrogen-bond acceptors (Lipinski definition) is 3. The number of fused-ring (bicyclic) bond motifs is 4. The standard InChI is InChI=1S/C21H19N5O2/c1-13-11-25-17-18(22-20(25)23(13)2)24(3)21(28)26(19(17)27)12-15-9-6-8-14-7-4-5-10-16(14)15/h4-11H,12H2,1-3H3. The van der Waals surface area contributed by atoms with Crippen LogP contribution in [0.4, 0.5) is 0 Å². The highest BCUT2D eigenvalue weighted by Crippen LogP contribution is 2.19. The van der Waals surface area contributed by atoms with E-state index in [1.807, 2.05) is 67.2 Å². The molecular formula is C21H19N5O2. The average molecular weight is 373 g/mol. The van der Waals surface area contributed by atoms with Gasteiger partial charge in [0.25, 0.3) is 5.56 Å². The van der Waals surface area contributed by atoms with Crippen molar-refractivity contribution in [3.05, 3.63) is 80.8 Å². The highest BCUT2D eigenvalue weighted by atomic mass is 16.2. The van der Waals surface area contributed by atoms with E-state index in [0.29, 0.717) is 16.9 Å². The van der Waals surface area contributed by atoms with Crippen LogP contribution in [-0.4, -0.2) is 23.1 Å². The molecule has 0 fully saturated rings. The Morgan fingerprint density at radius 1 is 0.964 bits per heavy atom. The summed E-state index contributed by atoms with van der Waals surface area (Å²) in [4.78, 5) is 30.8. The molecule has 0 bridgehead atoms. The summed E-state index contributed by atoms with van der Waals surface area (Å²) in [5, 5.41) is 2.12. The first-order chi connectivity index (χ1) is 13.5. The average Bonchev–Trinajstić information content (AvgIpc) is 3.20. The number of imidazole rings is 2. The van der Waals surface area contributed by atoms with Gasteiger partial charge < -0.3 is 4.57 Å². The molecule has 2 aromatic carbocycles. The van der Waals surface area contributed by atoms with Gasteiger partial charge in [-0.25, -0.2) is 4.79 Å². The van der Waals surface area contributed by atoms with E-state index in [-0.39, 0.29) is 17.8 Å². The molecule has 5 aromatic rings. The molecule has 0 unspecified atom stereocenters. The van der Waals surface area contributed by atoms with E-state index < -0.39 is 0 Å². The predicted octanol–water partition coefficient (Wildman–Crippen LogP) is 2.20. The number of aryl methyl sites for hydroxylation is 3. The SMILES string of the molecule is Cc1cn2c3c(=O)n(Cc4cccc5ccccc45)c(=O)n(C)c3nc2n1C. The summed E-state index contributed by atoms with van der Waals surface area (Å²) in [7, 11) is 3.55. The fourth-order valence-electron chi connectivity index (χ4n) is 3.86. The second-order valence-electron chi connectivity index (χ2n) is 7.15. The predicted molar refractivity (Wildman–Crippen MR) is 109 cm³/mol. The van der Waals surface area contributed by atoms with Crippen LogP contribution in [0.3, 0.4) is 0 Å². The van der Waals surface area contributed by atoms with Crippen molar-refractivity contribution in [3.8, 4) is 0 Å². The van der Waals surface area contributed by atoms with Gasteiger partial charge in [0.15, 0.2) is 11.2 Å². The summed E-state index contributed by atoms with van der Waals surface area (Å²) in [6, 6.07) is 13.9. The Morgan fingerprint density at radius 2 is 1.71 bits per heavy atom. The molecule has 0 aliphatic rings. The number of nitrogens with zero attached hydrogens (tertiary/aromatic N) is 5. The van der Waals surface area contributed by atoms with Crippen molar-refractivity contribution in [2.24, 2.45) is 14.1 Å². The maximum atomic E-state index is 13.3. The number of hydrogen-bond donors (Lipinski definition) is 0. The molecule has 0 aliphatic carbocycles. The molecule has 3 heterocycles. The summed E-state index contributed by atoms with van der Waals surface area (Å²) in [6.45, 7) is 2.17. The highest BCUT2D eigenvalue weighted by Gasteiger charge is 2.19. The topological polar surface area (TPSA) is 66.2 Å². The molecule has 0 saturated heterocycles. The van der Waals surface area contributed by atoms with Crippen LogP contribution in [0.25, 0.3) is 27.7 Å². The monoisotopic (exact) mass is 373 g/mol. The minimum Gasteiger partial charge on any atom is -0.317 e. The Bertz CT molecular complexity index is 1510. The smallest absolute Gasteiger partial charge is 0.317 e. The Balaban J connectivity index is 1.82. The van der Waals surface area contributed by atoms with E-state index in [2.05, 4.69) is 4.98 Å². The van der Waals surface area contributed by atoms with E-state index in [1.54, 1.807) is 11.4 Å². The van der Waals surface area contributed by atoms with Crippen LogP contribution >= 0.6 is 0 Å². The number of aromatic nitrogens is 5. The maximum Gasteiger partial charge on any atom is 0.332 e. The molecule has 3 aromatic heterocycles. The second-order valence-corrected chi connectivity index (χ2v) is 7.15. The van der Waals surface area contributed by atoms with E-state index in [0.717, 1.165) is 22.0 Å². The van der Waals surface area contributed by atoms with Crippen molar-refractivity contribution in [2.75, 3.05) is 0 Å². The van der Waals surface area contributed by atoms with Crippen molar-refractivity contribution < 1.29 is 0 Å². The van der Waals surface area contributed by atoms with Crippen LogP contribution < -0.4 is 11.2 Å². The van der Waals surface area contributed by atoms with E-state index in [4.69, 9.17) is 0 Å². The third-order valence-electron chi connectivity index (χ3n) is 5.51. The van der Waals surface area contributed by atoms with Crippen molar-refractivity contribution in [1.82, 2.24) is 23.1 Å². The van der Waals surface area contributed by atoms with Gasteiger partial charge in [0.05, 0.1) is 6.54 Å². The van der Waals surface area contributed by atoms with Gasteiger partial charge in [-0.2, -0.15) is 4.98 Å². The van der Waals surface area contributed by atoms with Crippen LogP contribution in [0, 0.1) is 6.92 Å². The third kappa shape index (κ3) is 2.13. The first-order valence-corrected chi connectivity index (χ1v) is 9.08. The van der Waals surface area contributed by atoms with Crippen molar-refractivity contribution in [2.45, 2.75) is 13.5 Å². The van der Waals surface area contributed by atoms with Gasteiger partial charge >= 0.3 is 5.69 Å². The van der Waals surface area contributed by atoms with Crippen LogP contribution in [0.15, 0.2) is 58.3 Å². The molecule has 0 spiro atoms. The minimum absolute atomic E-state index is 0.210. The number of benzene rings is 2. The molecule has 7 heteroatoms. The summed E-state index contributed by atoms with van der Waals surface area (Å²) in [5.74, 6) is 0.641. The molecule has 0 saturated carbocycles. The van der Waals surface area contributed by atoms with E-state index >= 15 is 0 Å². The summed E-state index contributed by atoms with van der Waals surface area (Å²) in [6.07, 6.45) is 1.87. The molecule has 0 aliphatic heterocycles. The lowest BCUT2D eigenvalue weighted by atomic mass is 10.0. The molecule has 140 valence electrons. The molecular weight excluding hydrogens is 354 g/mol. The Labute approximate surface area is 159 Å². The Hall–Kier alpha value is -3.61. The maximum absolute atomic E-state index is 13.3. The zero-order chi connectivity index (χ0) is 19.6. The zero-order valence-electron chi connectivity index (χ0n) is 15.9. The van der Waals surface area contributed by atoms with Gasteiger partial charge in [-0.3, -0.25) is 18.3 Å². The van der Waals surface area contributed by atoms with Gasteiger partial charge in [0, 0.05) is 26.0 Å². The normalized spacial score (nSPS) is 11.8. The Morgan fingerprint density at radius 3 is 2.54 bits per heavy atom. The van der Waals surface area contributed by atoms with Crippen molar-refractivity contribution in [1.29, 1.82) is 0 Å². The van der Waals surface area contributed by atoms with Gasteiger partial charge in [0.2, 0.25) is 5.78 Å². The first-order valence-electron chi connectivity index (χ1n) is 9.08. The largest absolute Gasteiger partial charge is 0.332 e. The summed E-state index contributed by atoms with van der Waals surface area (Å²) < 4.78 is 6.41. The van der Waals surface area contributed by atoms with Crippen molar-refractivity contribution >= 4 is 27.7 Å². The minimum atomic E-state index is -0.370. The molecule has 5 rings (SSSR count). The lowest BCUT2D eigenvalue weighted by molar-refractivity contribution is 0.659. The molecule has 0 N–H and O–H groups in total. The number of rotatable bonds is 2. The van der Waals surface area contributed by atoms with E-state index in [1.165, 1.54) is 9.13 Å². The van der Waals surface area contributed by atoms with Gasteiger partial charge in [0.1, 0.15) is 0 Å². The zero-order valence-corrected chi connectivity index (χ0v) is 15.9. The fraction of sp³-hybridized carbons (Fsp3) is 0.190. The van der Waals surface area contributed by atoms with Gasteiger partial charge in [-0.05, 0) is 23.3 Å². The molecule has 28 heavy (non-hydrogen) atoms. The molecule has 0 radical (unpaired) electrons. The van der Waals surface area contributed by atoms with Gasteiger partial charge in [-0.15, -0.1) is 0 Å². The van der Waals surface area contributed by atoms with E-state index in [9.17, 15) is 9.59 Å². The van der Waals surface area contributed by atoms with Gasteiger partial charge in [-0.1, -0.05) is 42.5 Å². The molecule has 0 atom stereocenters. The molecule has 0 amide bonds. The second kappa shape index (κ2) is 5.69. The highest BCUT2D eigenvalue weighted by molar-refractivity contribution is 5.85. The summed E-state index contributed by atoms with van der Waals surface area (Å²) in [5.41, 5.74) is 2.03. The van der Waals surface area contributed by atoms with Crippen LogP contribution in [0.1, 0.15) is 11.3 Å².